The fraction of sp³-hybridized carbons (Fsp3) is 0.733. The highest BCUT2D eigenvalue weighted by Crippen LogP contribution is 2.45. The van der Waals surface area contributed by atoms with E-state index in [0.29, 0.717) is 18.0 Å². The standard InChI is InChI=1S/C30H49N3O5/c1-7-9-15-32(16-10-14-31(5)6)27(34)20-33-19-23(22-11-12-25-26(17-22)38-21-37-25)28(29(35)36)24(33)18-30(3,4)13-8-2/h11-12,17,23-24,28H,7-10,13-16,18-21H2,1-6H3,(H,35,36)/t23-,24+,28?/m1/s1. The topological polar surface area (TPSA) is 82.5 Å². The van der Waals surface area contributed by atoms with Crippen LogP contribution in [-0.4, -0.2) is 91.3 Å². The van der Waals surface area contributed by atoms with Crippen LogP contribution < -0.4 is 9.47 Å². The number of nitrogens with zero attached hydrogens (tertiary/aromatic N) is 3. The molecule has 214 valence electrons. The molecule has 1 amide bonds. The number of unbranched alkanes of at least 4 members (excludes halogenated alkanes) is 1. The summed E-state index contributed by atoms with van der Waals surface area (Å²) in [6.07, 6.45) is 5.72. The highest BCUT2D eigenvalue weighted by molar-refractivity contribution is 5.79. The highest BCUT2D eigenvalue weighted by atomic mass is 16.7. The second kappa shape index (κ2) is 13.7. The van der Waals surface area contributed by atoms with Crippen LogP contribution in [0.4, 0.5) is 0 Å². The Balaban J connectivity index is 1.87. The summed E-state index contributed by atoms with van der Waals surface area (Å²) in [7, 11) is 4.10. The van der Waals surface area contributed by atoms with Crippen LogP contribution >= 0.6 is 0 Å². The number of carboxylic acid groups (broad SMARTS) is 1. The fourth-order valence-electron chi connectivity index (χ4n) is 6.13. The maximum Gasteiger partial charge on any atom is 0.308 e. The summed E-state index contributed by atoms with van der Waals surface area (Å²) >= 11 is 0. The lowest BCUT2D eigenvalue weighted by Crippen LogP contribution is -2.46. The van der Waals surface area contributed by atoms with Gasteiger partial charge in [0.05, 0.1) is 12.5 Å². The van der Waals surface area contributed by atoms with Crippen molar-refractivity contribution in [3.8, 4) is 11.5 Å². The molecule has 0 spiro atoms. The summed E-state index contributed by atoms with van der Waals surface area (Å²) in [6.45, 7) is 12.1. The Morgan fingerprint density at radius 2 is 1.76 bits per heavy atom. The normalized spacial score (nSPS) is 21.3. The second-order valence-corrected chi connectivity index (χ2v) is 12.1. The van der Waals surface area contributed by atoms with Gasteiger partial charge in [-0.25, -0.2) is 0 Å². The molecule has 0 aromatic heterocycles. The SMILES string of the molecule is CCCCN(CCCN(C)C)C(=O)CN1C[C@H](c2ccc3c(c2)OCO3)C(C(=O)O)[C@@H]1CC(C)(C)CCC. The van der Waals surface area contributed by atoms with Gasteiger partial charge in [0.15, 0.2) is 11.5 Å². The van der Waals surface area contributed by atoms with Crippen LogP contribution in [0.25, 0.3) is 0 Å². The zero-order valence-corrected chi connectivity index (χ0v) is 24.4. The van der Waals surface area contributed by atoms with Gasteiger partial charge < -0.3 is 24.4 Å². The van der Waals surface area contributed by atoms with E-state index < -0.39 is 11.9 Å². The first kappa shape index (κ1) is 30.2. The summed E-state index contributed by atoms with van der Waals surface area (Å²) in [6, 6.07) is 5.54. The maximum absolute atomic E-state index is 13.7. The quantitative estimate of drug-likeness (QED) is 0.352. The Morgan fingerprint density at radius 1 is 1.05 bits per heavy atom. The molecular formula is C30H49N3O5. The first-order valence-electron chi connectivity index (χ1n) is 14.3. The third-order valence-corrected chi connectivity index (χ3v) is 8.05. The molecule has 1 saturated heterocycles. The van der Waals surface area contributed by atoms with Crippen LogP contribution in [0.5, 0.6) is 11.5 Å². The number of carbonyl (C=O) groups is 2. The van der Waals surface area contributed by atoms with E-state index in [1.165, 1.54) is 0 Å². The molecule has 3 atom stereocenters. The zero-order valence-electron chi connectivity index (χ0n) is 24.4. The second-order valence-electron chi connectivity index (χ2n) is 12.1. The number of ether oxygens (including phenoxy) is 2. The number of amides is 1. The number of rotatable bonds is 15. The first-order chi connectivity index (χ1) is 18.1. The van der Waals surface area contributed by atoms with Gasteiger partial charge in [0, 0.05) is 31.6 Å². The molecule has 0 aliphatic carbocycles. The minimum absolute atomic E-state index is 0.0220. The first-order valence-corrected chi connectivity index (χ1v) is 14.3. The van der Waals surface area contributed by atoms with Crippen LogP contribution in [0.2, 0.25) is 0 Å². The van der Waals surface area contributed by atoms with Gasteiger partial charge >= 0.3 is 5.97 Å². The molecule has 1 aromatic carbocycles. The van der Waals surface area contributed by atoms with E-state index >= 15 is 0 Å². The molecule has 1 N–H and O–H groups in total. The summed E-state index contributed by atoms with van der Waals surface area (Å²) in [5.41, 5.74) is 0.912. The molecule has 2 aliphatic heterocycles. The average molecular weight is 532 g/mol. The van der Waals surface area contributed by atoms with Gasteiger partial charge in [-0.15, -0.1) is 0 Å². The van der Waals surface area contributed by atoms with Gasteiger partial charge in [-0.3, -0.25) is 14.5 Å². The summed E-state index contributed by atoms with van der Waals surface area (Å²) < 4.78 is 11.1. The van der Waals surface area contributed by atoms with E-state index in [4.69, 9.17) is 9.47 Å². The minimum Gasteiger partial charge on any atom is -0.481 e. The van der Waals surface area contributed by atoms with Crippen molar-refractivity contribution < 1.29 is 24.2 Å². The lowest BCUT2D eigenvalue weighted by Gasteiger charge is -2.35. The number of carbonyl (C=O) groups excluding carboxylic acids is 1. The predicted octanol–water partition coefficient (Wildman–Crippen LogP) is 4.68. The number of benzene rings is 1. The molecule has 2 heterocycles. The van der Waals surface area contributed by atoms with Crippen molar-refractivity contribution >= 4 is 11.9 Å². The van der Waals surface area contributed by atoms with Gasteiger partial charge in [0.1, 0.15) is 0 Å². The largest absolute Gasteiger partial charge is 0.481 e. The molecule has 8 nitrogen and oxygen atoms in total. The molecule has 0 bridgehead atoms. The van der Waals surface area contributed by atoms with Crippen LogP contribution in [0.15, 0.2) is 18.2 Å². The minimum atomic E-state index is -0.797. The van der Waals surface area contributed by atoms with E-state index in [2.05, 4.69) is 37.5 Å². The third-order valence-electron chi connectivity index (χ3n) is 8.05. The van der Waals surface area contributed by atoms with Gasteiger partial charge in [-0.2, -0.15) is 0 Å². The lowest BCUT2D eigenvalue weighted by molar-refractivity contribution is -0.144. The molecule has 3 rings (SSSR count). The Hall–Kier alpha value is -2.32. The van der Waals surface area contributed by atoms with Crippen LogP contribution in [0.3, 0.4) is 0 Å². The molecule has 0 saturated carbocycles. The van der Waals surface area contributed by atoms with Crippen molar-refractivity contribution in [2.75, 3.05) is 53.6 Å². The maximum atomic E-state index is 13.7. The molecule has 2 aliphatic rings. The Bertz CT molecular complexity index is 934. The predicted molar refractivity (Wildman–Crippen MR) is 150 cm³/mol. The van der Waals surface area contributed by atoms with E-state index in [9.17, 15) is 14.7 Å². The Morgan fingerprint density at radius 3 is 2.42 bits per heavy atom. The fourth-order valence-corrected chi connectivity index (χ4v) is 6.13. The molecule has 1 fully saturated rings. The van der Waals surface area contributed by atoms with E-state index in [1.54, 1.807) is 0 Å². The van der Waals surface area contributed by atoms with Crippen LogP contribution in [0, 0.1) is 11.3 Å². The van der Waals surface area contributed by atoms with E-state index in [-0.39, 0.29) is 36.6 Å². The number of hydrogen-bond acceptors (Lipinski definition) is 6. The van der Waals surface area contributed by atoms with Crippen molar-refractivity contribution in [1.29, 1.82) is 0 Å². The van der Waals surface area contributed by atoms with E-state index in [0.717, 1.165) is 63.7 Å². The van der Waals surface area contributed by atoms with Gasteiger partial charge in [0.2, 0.25) is 12.7 Å². The van der Waals surface area contributed by atoms with Gasteiger partial charge in [0.25, 0.3) is 0 Å². The Kier molecular flexibility index (Phi) is 10.9. The lowest BCUT2D eigenvalue weighted by atomic mass is 9.76. The van der Waals surface area contributed by atoms with Crippen LogP contribution in [-0.2, 0) is 9.59 Å². The van der Waals surface area contributed by atoms with Crippen molar-refractivity contribution in [1.82, 2.24) is 14.7 Å². The molecular weight excluding hydrogens is 482 g/mol. The van der Waals surface area contributed by atoms with E-state index in [1.807, 2.05) is 37.2 Å². The molecule has 8 heteroatoms. The molecule has 1 unspecified atom stereocenters. The highest BCUT2D eigenvalue weighted by Gasteiger charge is 2.48. The smallest absolute Gasteiger partial charge is 0.308 e. The van der Waals surface area contributed by atoms with Crippen molar-refractivity contribution in [3.63, 3.8) is 0 Å². The summed E-state index contributed by atoms with van der Waals surface area (Å²) in [5, 5.41) is 10.5. The van der Waals surface area contributed by atoms with Gasteiger partial charge in [-0.05, 0) is 69.4 Å². The van der Waals surface area contributed by atoms with Crippen molar-refractivity contribution in [2.45, 2.75) is 78.2 Å². The molecule has 0 radical (unpaired) electrons. The monoisotopic (exact) mass is 531 g/mol. The van der Waals surface area contributed by atoms with Crippen molar-refractivity contribution in [3.05, 3.63) is 23.8 Å². The number of fused-ring (bicyclic) bond motifs is 1. The van der Waals surface area contributed by atoms with Crippen molar-refractivity contribution in [2.24, 2.45) is 11.3 Å². The molecule has 38 heavy (non-hydrogen) atoms. The number of hydrogen-bond donors (Lipinski definition) is 1. The number of likely N-dealkylation sites (tertiary alicyclic amines) is 1. The summed E-state index contributed by atoms with van der Waals surface area (Å²) in [4.78, 5) is 32.8. The zero-order chi connectivity index (χ0) is 27.9. The molecule has 1 aromatic rings. The third kappa shape index (κ3) is 7.85. The number of aliphatic carboxylic acids is 1. The number of carboxylic acids is 1. The van der Waals surface area contributed by atoms with Gasteiger partial charge in [-0.1, -0.05) is 46.6 Å². The summed E-state index contributed by atoms with van der Waals surface area (Å²) in [5.74, 6) is -0.168. The Labute approximate surface area is 229 Å². The van der Waals surface area contributed by atoms with Crippen LogP contribution in [0.1, 0.15) is 77.7 Å². The average Bonchev–Trinajstić information content (AvgIpc) is 3.44.